The van der Waals surface area contributed by atoms with Crippen LogP contribution in [-0.2, 0) is 5.41 Å². The van der Waals surface area contributed by atoms with Crippen molar-refractivity contribution in [3.8, 4) is 11.5 Å². The van der Waals surface area contributed by atoms with E-state index in [0.717, 1.165) is 28.5 Å². The molecular formula is C24H23NO2. The number of aliphatic imine (C=N–C) groups is 1. The number of allylic oxidation sites excluding steroid dienone is 1. The Balaban J connectivity index is 1.71. The van der Waals surface area contributed by atoms with Crippen molar-refractivity contribution < 1.29 is 9.47 Å². The molecule has 3 aromatic rings. The Morgan fingerprint density at radius 2 is 1.63 bits per heavy atom. The molecule has 0 saturated heterocycles. The zero-order chi connectivity index (χ0) is 19.0. The Morgan fingerprint density at radius 3 is 2.41 bits per heavy atom. The van der Waals surface area contributed by atoms with E-state index in [2.05, 4.69) is 62.4 Å². The SMILES string of the molecule is COc1ccc(/C=C/C2=Nc3ccc4ccccc4c3C2(C)C)cc1OC. The first kappa shape index (κ1) is 17.3. The predicted octanol–water partition coefficient (Wildman–Crippen LogP) is 5.93. The zero-order valence-electron chi connectivity index (χ0n) is 16.1. The second-order valence-electron chi connectivity index (χ2n) is 7.25. The number of nitrogens with zero attached hydrogens (tertiary/aromatic N) is 1. The van der Waals surface area contributed by atoms with Crippen molar-refractivity contribution >= 4 is 28.2 Å². The smallest absolute Gasteiger partial charge is 0.161 e. The fourth-order valence-corrected chi connectivity index (χ4v) is 3.78. The summed E-state index contributed by atoms with van der Waals surface area (Å²) in [7, 11) is 3.29. The van der Waals surface area contributed by atoms with Crippen LogP contribution >= 0.6 is 0 Å². The molecule has 136 valence electrons. The van der Waals surface area contributed by atoms with Crippen LogP contribution in [0.4, 0.5) is 5.69 Å². The van der Waals surface area contributed by atoms with Gasteiger partial charge in [-0.15, -0.1) is 0 Å². The molecule has 27 heavy (non-hydrogen) atoms. The van der Waals surface area contributed by atoms with Crippen LogP contribution in [0, 0.1) is 0 Å². The van der Waals surface area contributed by atoms with E-state index in [-0.39, 0.29) is 5.41 Å². The van der Waals surface area contributed by atoms with E-state index in [0.29, 0.717) is 0 Å². The molecule has 3 aromatic carbocycles. The maximum absolute atomic E-state index is 5.40. The fraction of sp³-hybridized carbons (Fsp3) is 0.208. The van der Waals surface area contributed by atoms with Gasteiger partial charge in [0.2, 0.25) is 0 Å². The topological polar surface area (TPSA) is 30.8 Å². The van der Waals surface area contributed by atoms with E-state index in [1.54, 1.807) is 14.2 Å². The molecule has 0 radical (unpaired) electrons. The highest BCUT2D eigenvalue weighted by Gasteiger charge is 2.34. The number of hydrogen-bond acceptors (Lipinski definition) is 3. The third-order valence-electron chi connectivity index (χ3n) is 5.25. The first-order valence-corrected chi connectivity index (χ1v) is 9.06. The van der Waals surface area contributed by atoms with Crippen LogP contribution in [0.25, 0.3) is 16.8 Å². The molecule has 1 heterocycles. The predicted molar refractivity (Wildman–Crippen MR) is 113 cm³/mol. The highest BCUT2D eigenvalue weighted by Crippen LogP contribution is 2.44. The highest BCUT2D eigenvalue weighted by molar-refractivity contribution is 6.13. The van der Waals surface area contributed by atoms with Crippen LogP contribution < -0.4 is 9.47 Å². The normalized spacial score (nSPS) is 15.0. The van der Waals surface area contributed by atoms with E-state index in [1.807, 2.05) is 18.2 Å². The van der Waals surface area contributed by atoms with Crippen molar-refractivity contribution in [2.24, 2.45) is 4.99 Å². The van der Waals surface area contributed by atoms with Gasteiger partial charge in [-0.3, -0.25) is 4.99 Å². The lowest BCUT2D eigenvalue weighted by atomic mass is 9.79. The van der Waals surface area contributed by atoms with E-state index < -0.39 is 0 Å². The Hall–Kier alpha value is -3.07. The average molecular weight is 357 g/mol. The van der Waals surface area contributed by atoms with Gasteiger partial charge in [0, 0.05) is 5.41 Å². The zero-order valence-corrected chi connectivity index (χ0v) is 16.1. The van der Waals surface area contributed by atoms with Gasteiger partial charge in [0.25, 0.3) is 0 Å². The second kappa shape index (κ2) is 6.58. The van der Waals surface area contributed by atoms with E-state index in [4.69, 9.17) is 14.5 Å². The van der Waals surface area contributed by atoms with Crippen LogP contribution in [0.3, 0.4) is 0 Å². The van der Waals surface area contributed by atoms with Gasteiger partial charge in [-0.25, -0.2) is 0 Å². The quantitative estimate of drug-likeness (QED) is 0.579. The molecule has 0 spiro atoms. The summed E-state index contributed by atoms with van der Waals surface area (Å²) < 4.78 is 10.7. The minimum absolute atomic E-state index is 0.150. The fourth-order valence-electron chi connectivity index (χ4n) is 3.78. The molecule has 0 atom stereocenters. The summed E-state index contributed by atoms with van der Waals surface area (Å²) in [6.07, 6.45) is 4.19. The van der Waals surface area contributed by atoms with Gasteiger partial charge in [0.1, 0.15) is 0 Å². The minimum Gasteiger partial charge on any atom is -0.493 e. The van der Waals surface area contributed by atoms with Gasteiger partial charge >= 0.3 is 0 Å². The molecule has 1 aliphatic heterocycles. The summed E-state index contributed by atoms with van der Waals surface area (Å²) in [5.41, 5.74) is 4.32. The number of methoxy groups -OCH3 is 2. The maximum Gasteiger partial charge on any atom is 0.161 e. The molecule has 0 N–H and O–H groups in total. The molecule has 1 aliphatic rings. The van der Waals surface area contributed by atoms with Crippen LogP contribution in [0.1, 0.15) is 25.0 Å². The van der Waals surface area contributed by atoms with Gasteiger partial charge in [0.15, 0.2) is 11.5 Å². The molecule has 0 bridgehead atoms. The van der Waals surface area contributed by atoms with Crippen molar-refractivity contribution in [3.63, 3.8) is 0 Å². The largest absolute Gasteiger partial charge is 0.493 e. The van der Waals surface area contributed by atoms with Crippen molar-refractivity contribution in [1.29, 1.82) is 0 Å². The van der Waals surface area contributed by atoms with Crippen molar-refractivity contribution in [2.75, 3.05) is 14.2 Å². The Morgan fingerprint density at radius 1 is 0.852 bits per heavy atom. The van der Waals surface area contributed by atoms with Crippen molar-refractivity contribution in [2.45, 2.75) is 19.3 Å². The molecule has 4 rings (SSSR count). The molecule has 0 amide bonds. The minimum atomic E-state index is -0.150. The highest BCUT2D eigenvalue weighted by atomic mass is 16.5. The average Bonchev–Trinajstić information content (AvgIpc) is 2.96. The number of ether oxygens (including phenoxy) is 2. The molecule has 0 unspecified atom stereocenters. The monoisotopic (exact) mass is 357 g/mol. The van der Waals surface area contributed by atoms with Crippen LogP contribution in [0.5, 0.6) is 11.5 Å². The van der Waals surface area contributed by atoms with Crippen LogP contribution in [0.2, 0.25) is 0 Å². The van der Waals surface area contributed by atoms with E-state index in [9.17, 15) is 0 Å². The van der Waals surface area contributed by atoms with Gasteiger partial charge in [0.05, 0.1) is 25.6 Å². The summed E-state index contributed by atoms with van der Waals surface area (Å²) >= 11 is 0. The van der Waals surface area contributed by atoms with Gasteiger partial charge in [-0.05, 0) is 46.2 Å². The second-order valence-corrected chi connectivity index (χ2v) is 7.25. The molecule has 3 nitrogen and oxygen atoms in total. The number of hydrogen-bond donors (Lipinski definition) is 0. The Bertz CT molecular complexity index is 1080. The van der Waals surface area contributed by atoms with Gasteiger partial charge in [-0.1, -0.05) is 56.3 Å². The maximum atomic E-state index is 5.40. The summed E-state index contributed by atoms with van der Waals surface area (Å²) in [6, 6.07) is 18.7. The summed E-state index contributed by atoms with van der Waals surface area (Å²) in [5, 5.41) is 2.53. The first-order valence-electron chi connectivity index (χ1n) is 9.06. The Kier molecular flexibility index (Phi) is 4.23. The number of rotatable bonds is 4. The Labute approximate surface area is 160 Å². The summed E-state index contributed by atoms with van der Waals surface area (Å²) in [6.45, 7) is 4.48. The lowest BCUT2D eigenvalue weighted by Crippen LogP contribution is -2.24. The van der Waals surface area contributed by atoms with Crippen LogP contribution in [0.15, 0.2) is 65.7 Å². The number of benzene rings is 3. The molecule has 0 aromatic heterocycles. The van der Waals surface area contributed by atoms with Gasteiger partial charge < -0.3 is 9.47 Å². The first-order chi connectivity index (χ1) is 13.0. The van der Waals surface area contributed by atoms with Crippen molar-refractivity contribution in [1.82, 2.24) is 0 Å². The third-order valence-corrected chi connectivity index (χ3v) is 5.25. The van der Waals surface area contributed by atoms with E-state index >= 15 is 0 Å². The molecule has 0 saturated carbocycles. The molecular weight excluding hydrogens is 334 g/mol. The summed E-state index contributed by atoms with van der Waals surface area (Å²) in [4.78, 5) is 4.92. The standard InChI is InChI=1S/C24H23NO2/c1-24(2)22(14-10-16-9-13-20(26-3)21(15-16)27-4)25-19-12-11-17-7-5-6-8-18(17)23(19)24/h5-15H,1-4H3/b14-10+. The van der Waals surface area contributed by atoms with E-state index in [1.165, 1.54) is 16.3 Å². The van der Waals surface area contributed by atoms with Crippen LogP contribution in [-0.4, -0.2) is 19.9 Å². The lowest BCUT2D eigenvalue weighted by molar-refractivity contribution is 0.355. The number of fused-ring (bicyclic) bond motifs is 3. The molecule has 0 aliphatic carbocycles. The molecule has 0 fully saturated rings. The third kappa shape index (κ3) is 2.89. The molecule has 3 heteroatoms. The summed E-state index contributed by atoms with van der Waals surface area (Å²) in [5.74, 6) is 1.45. The lowest BCUT2D eigenvalue weighted by Gasteiger charge is -2.22. The van der Waals surface area contributed by atoms with Crippen molar-refractivity contribution in [3.05, 3.63) is 71.8 Å². The van der Waals surface area contributed by atoms with Gasteiger partial charge in [-0.2, -0.15) is 0 Å².